The van der Waals surface area contributed by atoms with Gasteiger partial charge in [0.25, 0.3) is 5.96 Å². The van der Waals surface area contributed by atoms with Crippen molar-refractivity contribution in [1.29, 1.82) is 0 Å². The summed E-state index contributed by atoms with van der Waals surface area (Å²) >= 11 is 0. The largest absolute Gasteiger partial charge is 0.490 e. The van der Waals surface area contributed by atoms with Crippen LogP contribution in [0.5, 0.6) is 0 Å². The van der Waals surface area contributed by atoms with Crippen molar-refractivity contribution in [2.45, 2.75) is 37.9 Å². The summed E-state index contributed by atoms with van der Waals surface area (Å²) in [7, 11) is 0. The van der Waals surface area contributed by atoms with Gasteiger partial charge < -0.3 is 32.9 Å². The molecule has 26 heavy (non-hydrogen) atoms. The van der Waals surface area contributed by atoms with E-state index in [0.29, 0.717) is 13.1 Å². The van der Waals surface area contributed by atoms with E-state index in [4.69, 9.17) is 27.1 Å². The molecule has 0 saturated carbocycles. The topological polar surface area (TPSA) is 195 Å². The standard InChI is InChI=1S/C10H25N7O2.C2HF3O2/c11-5-1-2-6-14-8-9(12)4-3-7-15-10(13)16-17(18)19;3-2(4,5)1(6)7/h9,14H,1-8,11-12H2,(H3,13,15,16);(H,6,7)/t9-;/m0./s1. The molecule has 154 valence electrons. The fraction of sp³-hybridized carbons (Fsp3) is 0.833. The third-order valence-corrected chi connectivity index (χ3v) is 2.70. The molecule has 9 N–H and O–H groups in total. The second-order valence-corrected chi connectivity index (χ2v) is 5.05. The average molecular weight is 389 g/mol. The Morgan fingerprint density at radius 2 is 1.85 bits per heavy atom. The summed E-state index contributed by atoms with van der Waals surface area (Å²) in [5, 5.41) is 25.1. The number of carbonyl (C=O) groups is 1. The molecule has 0 aromatic carbocycles. The number of alkyl halides is 3. The van der Waals surface area contributed by atoms with Gasteiger partial charge in [0.15, 0.2) is 5.03 Å². The summed E-state index contributed by atoms with van der Waals surface area (Å²) in [6.07, 6.45) is -1.43. The minimum atomic E-state index is -5.08. The van der Waals surface area contributed by atoms with Crippen LogP contribution in [0.25, 0.3) is 0 Å². The number of unbranched alkanes of at least 4 members (excludes halogenated alkanes) is 1. The normalized spacial score (nSPS) is 12.7. The highest BCUT2D eigenvalue weighted by Gasteiger charge is 2.38. The molecule has 11 nitrogen and oxygen atoms in total. The Bertz CT molecular complexity index is 436. The third-order valence-electron chi connectivity index (χ3n) is 2.70. The Morgan fingerprint density at radius 3 is 2.31 bits per heavy atom. The molecular formula is C12H26F3N7O4. The van der Waals surface area contributed by atoms with Crippen LogP contribution in [-0.2, 0) is 4.79 Å². The van der Waals surface area contributed by atoms with Crippen LogP contribution < -0.4 is 27.8 Å². The van der Waals surface area contributed by atoms with E-state index in [0.717, 1.165) is 38.8 Å². The van der Waals surface area contributed by atoms with Crippen LogP contribution in [0.1, 0.15) is 25.7 Å². The summed E-state index contributed by atoms with van der Waals surface area (Å²) in [5.74, 6) is -2.94. The highest BCUT2D eigenvalue weighted by molar-refractivity contribution is 5.76. The van der Waals surface area contributed by atoms with Crippen molar-refractivity contribution in [3.63, 3.8) is 0 Å². The average Bonchev–Trinajstić information content (AvgIpc) is 2.50. The first-order valence-electron chi connectivity index (χ1n) is 7.69. The maximum Gasteiger partial charge on any atom is 0.490 e. The fourth-order valence-electron chi connectivity index (χ4n) is 1.49. The van der Waals surface area contributed by atoms with E-state index in [1.807, 2.05) is 0 Å². The molecule has 0 unspecified atom stereocenters. The number of nitrogens with one attached hydrogen (secondary N) is 2. The van der Waals surface area contributed by atoms with Gasteiger partial charge in [-0.1, -0.05) is 0 Å². The van der Waals surface area contributed by atoms with Gasteiger partial charge in [0.2, 0.25) is 0 Å². The number of halogens is 3. The van der Waals surface area contributed by atoms with Gasteiger partial charge in [-0.3, -0.25) is 0 Å². The second-order valence-electron chi connectivity index (χ2n) is 5.05. The van der Waals surface area contributed by atoms with E-state index in [-0.39, 0.29) is 12.0 Å². The first-order valence-corrected chi connectivity index (χ1v) is 7.69. The minimum Gasteiger partial charge on any atom is -0.475 e. The monoisotopic (exact) mass is 389 g/mol. The van der Waals surface area contributed by atoms with Crippen molar-refractivity contribution in [2.24, 2.45) is 22.3 Å². The van der Waals surface area contributed by atoms with Gasteiger partial charge in [0.1, 0.15) is 5.10 Å². The Labute approximate surface area is 148 Å². The van der Waals surface area contributed by atoms with E-state index in [9.17, 15) is 23.3 Å². The third kappa shape index (κ3) is 19.9. The number of rotatable bonds is 11. The van der Waals surface area contributed by atoms with E-state index in [1.165, 1.54) is 0 Å². The zero-order chi connectivity index (χ0) is 20.6. The Hall–Kier alpha value is -2.19. The molecule has 0 aromatic rings. The lowest BCUT2D eigenvalue weighted by Crippen LogP contribution is -2.36. The molecule has 1 atom stereocenters. The molecule has 0 aromatic heterocycles. The van der Waals surface area contributed by atoms with Crippen LogP contribution in [0.15, 0.2) is 5.10 Å². The number of guanidine groups is 1. The molecule has 0 amide bonds. The summed E-state index contributed by atoms with van der Waals surface area (Å²) in [4.78, 5) is 18.9. The summed E-state index contributed by atoms with van der Waals surface area (Å²) in [6, 6.07) is 0.0633. The van der Waals surface area contributed by atoms with Gasteiger partial charge in [0.05, 0.1) is 0 Å². The number of hydrogen-bond acceptors (Lipinski definition) is 6. The number of nitrogens with two attached hydrogens (primary N) is 3. The van der Waals surface area contributed by atoms with Crippen LogP contribution >= 0.6 is 0 Å². The molecule has 0 heterocycles. The summed E-state index contributed by atoms with van der Waals surface area (Å²) in [6.45, 7) is 2.91. The molecule has 0 aliphatic rings. The lowest BCUT2D eigenvalue weighted by atomic mass is 10.1. The van der Waals surface area contributed by atoms with Gasteiger partial charge in [-0.15, -0.1) is 0 Å². The van der Waals surface area contributed by atoms with Crippen molar-refractivity contribution >= 4 is 11.9 Å². The molecule has 0 fully saturated rings. The van der Waals surface area contributed by atoms with Crippen LogP contribution in [0.2, 0.25) is 0 Å². The Kier molecular flexibility index (Phi) is 15.1. The first-order chi connectivity index (χ1) is 12.0. The van der Waals surface area contributed by atoms with Crippen LogP contribution in [0.3, 0.4) is 0 Å². The number of hydrogen-bond donors (Lipinski definition) is 6. The second kappa shape index (κ2) is 15.1. The molecule has 0 rings (SSSR count). The Balaban J connectivity index is 0. The van der Waals surface area contributed by atoms with Gasteiger partial charge >= 0.3 is 12.1 Å². The molecule has 0 aliphatic carbocycles. The zero-order valence-corrected chi connectivity index (χ0v) is 14.2. The first kappa shape index (κ1) is 26.0. The van der Waals surface area contributed by atoms with Gasteiger partial charge in [-0.25, -0.2) is 14.9 Å². The zero-order valence-electron chi connectivity index (χ0n) is 14.2. The number of nitrogens with zero attached hydrogens (tertiary/aromatic N) is 2. The maximum atomic E-state index is 10.6. The van der Waals surface area contributed by atoms with Gasteiger partial charge in [-0.05, 0) is 38.8 Å². The van der Waals surface area contributed by atoms with Crippen LogP contribution in [-0.4, -0.2) is 60.5 Å². The minimum absolute atomic E-state index is 0.0633. The highest BCUT2D eigenvalue weighted by atomic mass is 19.4. The number of carboxylic acids is 1. The lowest BCUT2D eigenvalue weighted by Gasteiger charge is -2.12. The van der Waals surface area contributed by atoms with Crippen molar-refractivity contribution in [2.75, 3.05) is 26.2 Å². The van der Waals surface area contributed by atoms with Crippen molar-refractivity contribution in [3.05, 3.63) is 10.1 Å². The maximum absolute atomic E-state index is 10.6. The molecule has 0 aliphatic heterocycles. The number of nitro groups is 1. The van der Waals surface area contributed by atoms with E-state index in [2.05, 4.69) is 15.7 Å². The molecular weight excluding hydrogens is 363 g/mol. The van der Waals surface area contributed by atoms with Crippen LogP contribution in [0.4, 0.5) is 13.2 Å². The lowest BCUT2D eigenvalue weighted by molar-refractivity contribution is -0.485. The smallest absolute Gasteiger partial charge is 0.475 e. The van der Waals surface area contributed by atoms with E-state index < -0.39 is 17.2 Å². The molecule has 0 bridgehead atoms. The van der Waals surface area contributed by atoms with Gasteiger partial charge in [-0.2, -0.15) is 13.2 Å². The summed E-state index contributed by atoms with van der Waals surface area (Å²) in [5.41, 5.74) is 16.5. The van der Waals surface area contributed by atoms with Gasteiger partial charge in [0, 0.05) is 19.1 Å². The predicted octanol–water partition coefficient (Wildman–Crippen LogP) is -0.848. The number of aliphatic carboxylic acids is 1. The van der Waals surface area contributed by atoms with E-state index in [1.54, 1.807) is 0 Å². The predicted molar refractivity (Wildman–Crippen MR) is 88.7 cm³/mol. The molecule has 0 spiro atoms. The highest BCUT2D eigenvalue weighted by Crippen LogP contribution is 2.13. The number of hydrazone groups is 1. The van der Waals surface area contributed by atoms with E-state index >= 15 is 0 Å². The fourth-order valence-corrected chi connectivity index (χ4v) is 1.49. The molecule has 0 radical (unpaired) electrons. The summed E-state index contributed by atoms with van der Waals surface area (Å²) < 4.78 is 31.7. The van der Waals surface area contributed by atoms with Crippen molar-refractivity contribution in [3.8, 4) is 0 Å². The molecule has 0 saturated heterocycles. The number of carboxylic acid groups (broad SMARTS) is 1. The Morgan fingerprint density at radius 1 is 1.27 bits per heavy atom. The van der Waals surface area contributed by atoms with Crippen molar-refractivity contribution < 1.29 is 28.1 Å². The quantitative estimate of drug-likeness (QED) is 0.0857. The van der Waals surface area contributed by atoms with Crippen molar-refractivity contribution in [1.82, 2.24) is 10.6 Å². The van der Waals surface area contributed by atoms with Crippen LogP contribution in [0, 0.1) is 10.1 Å². The SMILES string of the molecule is NCCCCNC[C@@H](N)CCCN/C(N)=N\[N+](=O)[O-].O=C(O)C(F)(F)F. The molecule has 14 heteroatoms.